The number of aromatic hydroxyl groups is 1. The number of esters is 1. The molecule has 1 atom stereocenters. The number of rotatable bonds is 6. The highest BCUT2D eigenvalue weighted by molar-refractivity contribution is 9.10. The summed E-state index contributed by atoms with van der Waals surface area (Å²) in [6.07, 6.45) is 1.63. The second-order valence-electron chi connectivity index (χ2n) is 7.51. The molecule has 9 heteroatoms. The van der Waals surface area contributed by atoms with E-state index in [1.165, 1.54) is 15.9 Å². The lowest BCUT2D eigenvalue weighted by atomic mass is 9.96. The van der Waals surface area contributed by atoms with E-state index in [4.69, 9.17) is 9.47 Å². The van der Waals surface area contributed by atoms with Crippen LogP contribution in [0.2, 0.25) is 0 Å². The predicted octanol–water partition coefficient (Wildman–Crippen LogP) is 3.67. The van der Waals surface area contributed by atoms with Crippen LogP contribution in [-0.4, -0.2) is 28.9 Å². The summed E-state index contributed by atoms with van der Waals surface area (Å²) in [7, 11) is 0. The van der Waals surface area contributed by atoms with Crippen LogP contribution in [-0.2, 0) is 9.53 Å². The molecular formula is C25H23BrN2O5S. The van der Waals surface area contributed by atoms with Crippen molar-refractivity contribution in [3.8, 4) is 11.5 Å². The zero-order valence-corrected chi connectivity index (χ0v) is 21.3. The highest BCUT2D eigenvalue weighted by Crippen LogP contribution is 2.31. The van der Waals surface area contributed by atoms with Gasteiger partial charge in [0.15, 0.2) is 4.80 Å². The van der Waals surface area contributed by atoms with Gasteiger partial charge >= 0.3 is 5.97 Å². The maximum atomic E-state index is 13.6. The molecule has 0 spiro atoms. The number of hydrogen-bond acceptors (Lipinski definition) is 7. The fourth-order valence-electron chi connectivity index (χ4n) is 3.80. The molecule has 34 heavy (non-hydrogen) atoms. The third kappa shape index (κ3) is 4.58. The lowest BCUT2D eigenvalue weighted by Crippen LogP contribution is -2.39. The van der Waals surface area contributed by atoms with Crippen molar-refractivity contribution in [2.75, 3.05) is 13.2 Å². The van der Waals surface area contributed by atoms with E-state index in [1.807, 2.05) is 31.2 Å². The Bertz CT molecular complexity index is 1450. The van der Waals surface area contributed by atoms with Gasteiger partial charge in [0.05, 0.1) is 35.1 Å². The van der Waals surface area contributed by atoms with E-state index in [9.17, 15) is 14.7 Å². The van der Waals surface area contributed by atoms with Crippen LogP contribution < -0.4 is 19.6 Å². The number of hydrogen-bond donors (Lipinski definition) is 1. The molecule has 2 heterocycles. The molecular weight excluding hydrogens is 520 g/mol. The van der Waals surface area contributed by atoms with Crippen molar-refractivity contribution >= 4 is 39.3 Å². The number of nitrogens with zero attached hydrogens (tertiary/aromatic N) is 2. The minimum absolute atomic E-state index is 0.0560. The van der Waals surface area contributed by atoms with E-state index >= 15 is 0 Å². The molecule has 0 bridgehead atoms. The first-order valence-electron chi connectivity index (χ1n) is 10.7. The summed E-state index contributed by atoms with van der Waals surface area (Å²) in [6.45, 7) is 6.12. The predicted molar refractivity (Wildman–Crippen MR) is 134 cm³/mol. The van der Waals surface area contributed by atoms with E-state index in [0.29, 0.717) is 38.5 Å². The van der Waals surface area contributed by atoms with Crippen LogP contribution in [0.25, 0.3) is 6.08 Å². The normalized spacial score (nSPS) is 15.6. The molecule has 1 N–H and O–H groups in total. The van der Waals surface area contributed by atoms with Gasteiger partial charge in [-0.25, -0.2) is 9.79 Å². The Balaban J connectivity index is 1.93. The van der Waals surface area contributed by atoms with Crippen LogP contribution in [0.15, 0.2) is 68.0 Å². The smallest absolute Gasteiger partial charge is 0.338 e. The number of thiazole rings is 1. The first kappa shape index (κ1) is 24.0. The van der Waals surface area contributed by atoms with Crippen molar-refractivity contribution in [1.29, 1.82) is 0 Å². The van der Waals surface area contributed by atoms with Crippen molar-refractivity contribution in [2.45, 2.75) is 26.8 Å². The summed E-state index contributed by atoms with van der Waals surface area (Å²) in [5.41, 5.74) is 1.74. The zero-order valence-electron chi connectivity index (χ0n) is 18.9. The number of ether oxygens (including phenoxy) is 2. The van der Waals surface area contributed by atoms with Gasteiger partial charge in [-0.15, -0.1) is 0 Å². The highest BCUT2D eigenvalue weighted by atomic mass is 79.9. The standard InChI is InChI=1S/C25H23BrN2O5S/c1-4-32-18-9-6-15(7-10-18)22-21(24(31)33-5-2)14(3)27-25-28(22)23(30)20(34-25)13-16-12-17(26)8-11-19(16)29/h6-13,22,29H,4-5H2,1-3H3/b20-13+. The number of phenolic OH excluding ortho intramolecular Hbond substituents is 1. The van der Waals surface area contributed by atoms with Crippen LogP contribution >= 0.6 is 27.3 Å². The second-order valence-corrected chi connectivity index (χ2v) is 9.43. The van der Waals surface area contributed by atoms with Crippen LogP contribution in [0, 0.1) is 0 Å². The summed E-state index contributed by atoms with van der Waals surface area (Å²) in [4.78, 5) is 31.6. The Morgan fingerprint density at radius 1 is 1.21 bits per heavy atom. The number of allylic oxidation sites excluding steroid dienone is 1. The van der Waals surface area contributed by atoms with E-state index in [1.54, 1.807) is 38.1 Å². The number of carbonyl (C=O) groups is 1. The molecule has 1 aliphatic heterocycles. The van der Waals surface area contributed by atoms with Gasteiger partial charge in [-0.2, -0.15) is 0 Å². The lowest BCUT2D eigenvalue weighted by molar-refractivity contribution is -0.139. The lowest BCUT2D eigenvalue weighted by Gasteiger charge is -2.24. The quantitative estimate of drug-likeness (QED) is 0.480. The second kappa shape index (κ2) is 9.99. The fraction of sp³-hybridized carbons (Fsp3) is 0.240. The molecule has 0 radical (unpaired) electrons. The summed E-state index contributed by atoms with van der Waals surface area (Å²) in [5, 5.41) is 10.2. The fourth-order valence-corrected chi connectivity index (χ4v) is 5.22. The third-order valence-electron chi connectivity index (χ3n) is 5.30. The van der Waals surface area contributed by atoms with Crippen LogP contribution in [0.5, 0.6) is 11.5 Å². The highest BCUT2D eigenvalue weighted by Gasteiger charge is 2.33. The summed E-state index contributed by atoms with van der Waals surface area (Å²) >= 11 is 4.59. The van der Waals surface area contributed by atoms with Crippen molar-refractivity contribution in [3.05, 3.63) is 89.0 Å². The topological polar surface area (TPSA) is 90.1 Å². The number of fused-ring (bicyclic) bond motifs is 1. The SMILES string of the molecule is CCOC(=O)C1=C(C)N=c2s/c(=C/c3cc(Br)ccc3O)c(=O)n2C1c1ccc(OCC)cc1. The molecule has 176 valence electrons. The molecule has 7 nitrogen and oxygen atoms in total. The molecule has 1 aliphatic rings. The number of halogens is 1. The molecule has 2 aromatic carbocycles. The summed E-state index contributed by atoms with van der Waals surface area (Å²) in [6, 6.07) is 11.6. The number of aromatic nitrogens is 1. The molecule has 0 amide bonds. The van der Waals surface area contributed by atoms with Crippen molar-refractivity contribution in [1.82, 2.24) is 4.57 Å². The number of carbonyl (C=O) groups excluding carboxylic acids is 1. The summed E-state index contributed by atoms with van der Waals surface area (Å²) in [5.74, 6) is 0.240. The van der Waals surface area contributed by atoms with Gasteiger partial charge in [0.25, 0.3) is 5.56 Å². The molecule has 0 aliphatic carbocycles. The van der Waals surface area contributed by atoms with Crippen molar-refractivity contribution < 1.29 is 19.4 Å². The Morgan fingerprint density at radius 2 is 1.94 bits per heavy atom. The maximum absolute atomic E-state index is 13.6. The average molecular weight is 543 g/mol. The van der Waals surface area contributed by atoms with E-state index in [2.05, 4.69) is 20.9 Å². The zero-order chi connectivity index (χ0) is 24.4. The third-order valence-corrected chi connectivity index (χ3v) is 6.78. The monoisotopic (exact) mass is 542 g/mol. The summed E-state index contributed by atoms with van der Waals surface area (Å²) < 4.78 is 13.5. The van der Waals surface area contributed by atoms with Crippen LogP contribution in [0.3, 0.4) is 0 Å². The number of benzene rings is 2. The van der Waals surface area contributed by atoms with Crippen molar-refractivity contribution in [2.24, 2.45) is 4.99 Å². The van der Waals surface area contributed by atoms with Gasteiger partial charge in [-0.1, -0.05) is 39.4 Å². The van der Waals surface area contributed by atoms with E-state index < -0.39 is 12.0 Å². The molecule has 1 aromatic heterocycles. The maximum Gasteiger partial charge on any atom is 0.338 e. The number of phenols is 1. The average Bonchev–Trinajstić information content (AvgIpc) is 3.11. The van der Waals surface area contributed by atoms with E-state index in [-0.39, 0.29) is 17.9 Å². The van der Waals surface area contributed by atoms with Gasteiger partial charge in [0.1, 0.15) is 11.5 Å². The first-order valence-corrected chi connectivity index (χ1v) is 12.4. The Kier molecular flexibility index (Phi) is 7.04. The Hall–Kier alpha value is -3.17. The minimum Gasteiger partial charge on any atom is -0.507 e. The molecule has 4 rings (SSSR count). The van der Waals surface area contributed by atoms with Crippen molar-refractivity contribution in [3.63, 3.8) is 0 Å². The molecule has 0 saturated carbocycles. The Morgan fingerprint density at radius 3 is 2.62 bits per heavy atom. The molecule has 0 saturated heterocycles. The van der Waals surface area contributed by atoms with Gasteiger partial charge < -0.3 is 14.6 Å². The van der Waals surface area contributed by atoms with E-state index in [0.717, 1.165) is 10.0 Å². The first-order chi connectivity index (χ1) is 16.3. The van der Waals surface area contributed by atoms with Crippen LogP contribution in [0.1, 0.15) is 37.9 Å². The van der Waals surface area contributed by atoms with Gasteiger partial charge in [-0.05, 0) is 62.7 Å². The molecule has 3 aromatic rings. The Labute approximate surface area is 208 Å². The van der Waals surface area contributed by atoms with Gasteiger partial charge in [0.2, 0.25) is 0 Å². The van der Waals surface area contributed by atoms with Gasteiger partial charge in [-0.3, -0.25) is 9.36 Å². The molecule has 1 unspecified atom stereocenters. The minimum atomic E-state index is -0.704. The molecule has 0 fully saturated rings. The van der Waals surface area contributed by atoms with Crippen LogP contribution in [0.4, 0.5) is 0 Å². The van der Waals surface area contributed by atoms with Gasteiger partial charge in [0, 0.05) is 10.0 Å². The largest absolute Gasteiger partial charge is 0.507 e.